The van der Waals surface area contributed by atoms with Crippen LogP contribution in [0.3, 0.4) is 0 Å². The molecule has 0 radical (unpaired) electrons. The van der Waals surface area contributed by atoms with Crippen LogP contribution in [0.15, 0.2) is 18.2 Å². The molecule has 1 aliphatic heterocycles. The van der Waals surface area contributed by atoms with E-state index >= 15 is 0 Å². The number of nitrogens with one attached hydrogen (secondary N) is 1. The quantitative estimate of drug-likeness (QED) is 0.929. The van der Waals surface area contributed by atoms with Crippen LogP contribution >= 0.6 is 0 Å². The van der Waals surface area contributed by atoms with Gasteiger partial charge in [-0.3, -0.25) is 0 Å². The number of aryl methyl sites for hydroxylation is 2. The molecule has 1 aromatic rings. The van der Waals surface area contributed by atoms with Crippen LogP contribution in [0.5, 0.6) is 0 Å². The normalized spacial score (nSPS) is 32.7. The van der Waals surface area contributed by atoms with Gasteiger partial charge in [0.2, 0.25) is 0 Å². The molecule has 1 N–H and O–H groups in total. The first-order valence-electron chi connectivity index (χ1n) is 8.80. The molecule has 0 spiro atoms. The van der Waals surface area contributed by atoms with Crippen molar-refractivity contribution in [2.45, 2.75) is 83.0 Å². The summed E-state index contributed by atoms with van der Waals surface area (Å²) in [6.07, 6.45) is 7.95. The highest BCUT2D eigenvalue weighted by Crippen LogP contribution is 2.38. The molecule has 0 amide bonds. The molecule has 22 heavy (non-hydrogen) atoms. The third-order valence-electron chi connectivity index (χ3n) is 5.36. The van der Waals surface area contributed by atoms with Gasteiger partial charge < -0.3 is 14.8 Å². The summed E-state index contributed by atoms with van der Waals surface area (Å²) in [6.45, 7) is 4.97. The predicted octanol–water partition coefficient (Wildman–Crippen LogP) is 3.34. The van der Waals surface area contributed by atoms with E-state index in [0.717, 1.165) is 19.4 Å². The highest BCUT2D eigenvalue weighted by molar-refractivity contribution is 5.33. The Morgan fingerprint density at radius 1 is 1.09 bits per heavy atom. The molecule has 0 bridgehead atoms. The van der Waals surface area contributed by atoms with Gasteiger partial charge in [-0.1, -0.05) is 18.2 Å². The Labute approximate surface area is 133 Å². The van der Waals surface area contributed by atoms with E-state index in [-0.39, 0.29) is 12.2 Å². The lowest BCUT2D eigenvalue weighted by Crippen LogP contribution is -2.39. The molecule has 3 aliphatic rings. The zero-order valence-electron chi connectivity index (χ0n) is 13.7. The van der Waals surface area contributed by atoms with Crippen LogP contribution in [0.2, 0.25) is 0 Å². The molecule has 0 aromatic heterocycles. The number of rotatable bonds is 3. The van der Waals surface area contributed by atoms with E-state index in [2.05, 4.69) is 23.5 Å². The smallest absolute Gasteiger partial charge is 0.163 e. The fourth-order valence-corrected chi connectivity index (χ4v) is 4.30. The van der Waals surface area contributed by atoms with Gasteiger partial charge in [0.1, 0.15) is 6.10 Å². The third-order valence-corrected chi connectivity index (χ3v) is 5.36. The van der Waals surface area contributed by atoms with Gasteiger partial charge >= 0.3 is 0 Å². The second-order valence-corrected chi connectivity index (χ2v) is 7.51. The van der Waals surface area contributed by atoms with Crippen molar-refractivity contribution in [1.29, 1.82) is 0 Å². The van der Waals surface area contributed by atoms with E-state index in [0.29, 0.717) is 6.04 Å². The summed E-state index contributed by atoms with van der Waals surface area (Å²) in [7, 11) is 0. The molecular formula is C19H27NO2. The number of benzene rings is 1. The molecule has 1 saturated carbocycles. The number of hydrogen-bond donors (Lipinski definition) is 1. The number of fused-ring (bicyclic) bond motifs is 2. The standard InChI is InChI=1S/C19H27NO2/c1-19(2)21-17-10-9-16(18(17)22-19)20-12-13-7-8-14-5-3-4-6-15(14)11-13/h7-8,11,16-18,20H,3-6,9-10,12H2,1-2H3/t16?,17-,18+/m1/s1. The van der Waals surface area contributed by atoms with E-state index in [1.165, 1.54) is 31.2 Å². The van der Waals surface area contributed by atoms with Gasteiger partial charge in [0.25, 0.3) is 0 Å². The van der Waals surface area contributed by atoms with Crippen molar-refractivity contribution in [1.82, 2.24) is 5.32 Å². The molecule has 120 valence electrons. The van der Waals surface area contributed by atoms with Crippen molar-refractivity contribution in [2.75, 3.05) is 0 Å². The van der Waals surface area contributed by atoms with Crippen LogP contribution < -0.4 is 5.32 Å². The SMILES string of the molecule is CC1(C)O[C@@H]2CCC(NCc3ccc4c(c3)CCCC4)[C@@H]2O1. The van der Waals surface area contributed by atoms with E-state index in [9.17, 15) is 0 Å². The van der Waals surface area contributed by atoms with Crippen LogP contribution in [-0.2, 0) is 28.9 Å². The Morgan fingerprint density at radius 2 is 1.91 bits per heavy atom. The Balaban J connectivity index is 1.39. The topological polar surface area (TPSA) is 30.5 Å². The fourth-order valence-electron chi connectivity index (χ4n) is 4.30. The van der Waals surface area contributed by atoms with Crippen molar-refractivity contribution in [3.05, 3.63) is 34.9 Å². The zero-order valence-corrected chi connectivity index (χ0v) is 13.7. The molecule has 1 aromatic carbocycles. The Morgan fingerprint density at radius 3 is 2.77 bits per heavy atom. The van der Waals surface area contributed by atoms with Crippen LogP contribution in [0.25, 0.3) is 0 Å². The maximum Gasteiger partial charge on any atom is 0.163 e. The van der Waals surface area contributed by atoms with Gasteiger partial charge in [-0.15, -0.1) is 0 Å². The van der Waals surface area contributed by atoms with Gasteiger partial charge in [0.15, 0.2) is 5.79 Å². The van der Waals surface area contributed by atoms with Crippen LogP contribution in [0.4, 0.5) is 0 Å². The number of hydrogen-bond acceptors (Lipinski definition) is 3. The maximum atomic E-state index is 6.08. The molecule has 1 heterocycles. The van der Waals surface area contributed by atoms with Crippen molar-refractivity contribution >= 4 is 0 Å². The van der Waals surface area contributed by atoms with Crippen LogP contribution in [0, 0.1) is 0 Å². The predicted molar refractivity (Wildman–Crippen MR) is 86.8 cm³/mol. The minimum atomic E-state index is -0.415. The molecule has 3 heteroatoms. The lowest BCUT2D eigenvalue weighted by molar-refractivity contribution is -0.153. The van der Waals surface area contributed by atoms with Crippen molar-refractivity contribution in [2.24, 2.45) is 0 Å². The minimum absolute atomic E-state index is 0.215. The largest absolute Gasteiger partial charge is 0.345 e. The Bertz CT molecular complexity index is 554. The maximum absolute atomic E-state index is 6.08. The summed E-state index contributed by atoms with van der Waals surface area (Å²) in [5.74, 6) is -0.415. The molecule has 3 atom stereocenters. The van der Waals surface area contributed by atoms with Gasteiger partial charge in [0.05, 0.1) is 6.10 Å². The zero-order chi connectivity index (χ0) is 15.2. The second-order valence-electron chi connectivity index (χ2n) is 7.51. The first kappa shape index (κ1) is 14.7. The van der Waals surface area contributed by atoms with Gasteiger partial charge in [-0.2, -0.15) is 0 Å². The molecule has 4 rings (SSSR count). The summed E-state index contributed by atoms with van der Waals surface area (Å²) < 4.78 is 12.0. The van der Waals surface area contributed by atoms with E-state index < -0.39 is 5.79 Å². The van der Waals surface area contributed by atoms with Crippen molar-refractivity contribution in [3.8, 4) is 0 Å². The minimum Gasteiger partial charge on any atom is -0.345 e. The highest BCUT2D eigenvalue weighted by atomic mass is 16.8. The van der Waals surface area contributed by atoms with Gasteiger partial charge in [-0.05, 0) is 69.1 Å². The molecule has 1 saturated heterocycles. The summed E-state index contributed by atoms with van der Waals surface area (Å²) >= 11 is 0. The highest BCUT2D eigenvalue weighted by Gasteiger charge is 2.48. The van der Waals surface area contributed by atoms with Crippen molar-refractivity contribution < 1.29 is 9.47 Å². The summed E-state index contributed by atoms with van der Waals surface area (Å²) in [5.41, 5.74) is 4.53. The van der Waals surface area contributed by atoms with Gasteiger partial charge in [0, 0.05) is 12.6 Å². The third kappa shape index (κ3) is 2.82. The fraction of sp³-hybridized carbons (Fsp3) is 0.684. The average Bonchev–Trinajstić information content (AvgIpc) is 3.00. The summed E-state index contributed by atoms with van der Waals surface area (Å²) in [4.78, 5) is 0. The Kier molecular flexibility index (Phi) is 3.75. The van der Waals surface area contributed by atoms with Crippen LogP contribution in [0.1, 0.15) is 56.2 Å². The molecule has 2 fully saturated rings. The summed E-state index contributed by atoms with van der Waals surface area (Å²) in [5, 5.41) is 3.71. The van der Waals surface area contributed by atoms with Crippen LogP contribution in [-0.4, -0.2) is 24.0 Å². The summed E-state index contributed by atoms with van der Waals surface area (Å²) in [6, 6.07) is 7.45. The van der Waals surface area contributed by atoms with Crippen molar-refractivity contribution in [3.63, 3.8) is 0 Å². The van der Waals surface area contributed by atoms with E-state index in [1.807, 2.05) is 13.8 Å². The lowest BCUT2D eigenvalue weighted by atomic mass is 9.90. The van der Waals surface area contributed by atoms with E-state index in [1.54, 1.807) is 11.1 Å². The average molecular weight is 301 g/mol. The molecular weight excluding hydrogens is 274 g/mol. The molecule has 2 aliphatic carbocycles. The first-order chi connectivity index (χ1) is 10.6. The Hall–Kier alpha value is -0.900. The number of ether oxygens (including phenoxy) is 2. The second kappa shape index (κ2) is 5.63. The monoisotopic (exact) mass is 301 g/mol. The molecule has 3 nitrogen and oxygen atoms in total. The van der Waals surface area contributed by atoms with E-state index in [4.69, 9.17) is 9.47 Å². The lowest BCUT2D eigenvalue weighted by Gasteiger charge is -2.23. The first-order valence-corrected chi connectivity index (χ1v) is 8.80. The van der Waals surface area contributed by atoms with Gasteiger partial charge in [-0.25, -0.2) is 0 Å². The molecule has 1 unspecified atom stereocenters.